The van der Waals surface area contributed by atoms with Gasteiger partial charge in [-0.05, 0) is 29.8 Å². The Labute approximate surface area is 321 Å². The van der Waals surface area contributed by atoms with Crippen molar-refractivity contribution in [1.82, 2.24) is 19.7 Å². The van der Waals surface area contributed by atoms with Crippen molar-refractivity contribution in [2.24, 2.45) is 0 Å². The van der Waals surface area contributed by atoms with Crippen LogP contribution >= 0.6 is 19.2 Å². The van der Waals surface area contributed by atoms with Gasteiger partial charge in [0.25, 0.3) is 7.82 Å². The van der Waals surface area contributed by atoms with Crippen molar-refractivity contribution < 1.29 is 81.0 Å². The van der Waals surface area contributed by atoms with Crippen LogP contribution < -0.4 is 34.5 Å². The summed E-state index contributed by atoms with van der Waals surface area (Å²) >= 11 is 1.20. The zero-order valence-corrected chi connectivity index (χ0v) is 31.3. The number of ether oxygens (including phenoxy) is 3. The van der Waals surface area contributed by atoms with Gasteiger partial charge in [0.2, 0.25) is 0 Å². The van der Waals surface area contributed by atoms with Crippen LogP contribution in [0.1, 0.15) is 44.9 Å². The number of nitrogens with zero attached hydrogens (tertiary/aromatic N) is 5. The van der Waals surface area contributed by atoms with Crippen LogP contribution in [0, 0.1) is 23.0 Å². The average Bonchev–Trinajstić information content (AvgIpc) is 3.81. The second kappa shape index (κ2) is 18.0. The molecule has 5 rings (SSSR count). The summed E-state index contributed by atoms with van der Waals surface area (Å²) in [6, 6.07) is 17.2. The first-order valence-electron chi connectivity index (χ1n) is 14.8. The van der Waals surface area contributed by atoms with E-state index in [9.17, 15) is 23.4 Å². The third-order valence-electron chi connectivity index (χ3n) is 7.58. The quantitative estimate of drug-likeness (QED) is 0.0407. The molecule has 19 heteroatoms. The largest absolute Gasteiger partial charge is 1.00 e. The number of phosphoric ester groups is 1. The van der Waals surface area contributed by atoms with Gasteiger partial charge in [0.1, 0.15) is 35.9 Å². The van der Waals surface area contributed by atoms with Gasteiger partial charge in [-0.2, -0.15) is 10.4 Å². The fourth-order valence-electron chi connectivity index (χ4n) is 4.98. The molecule has 0 saturated carbocycles. The Bertz CT molecular complexity index is 2080. The van der Waals surface area contributed by atoms with Crippen LogP contribution in [0.5, 0.6) is 0 Å². The number of thiazole rings is 1. The van der Waals surface area contributed by atoms with Crippen LogP contribution in [0.15, 0.2) is 84.8 Å². The number of hydrogen-bond donors (Lipinski definition) is 1. The average molecular weight is 762 g/mol. The van der Waals surface area contributed by atoms with Crippen molar-refractivity contribution in [3.63, 3.8) is 0 Å². The topological polar surface area (TPSA) is 199 Å². The molecule has 0 spiro atoms. The Hall–Kier alpha value is -4.21. The van der Waals surface area contributed by atoms with E-state index in [1.807, 2.05) is 0 Å². The zero-order valence-electron chi connectivity index (χ0n) is 27.5. The van der Waals surface area contributed by atoms with E-state index in [0.717, 1.165) is 12.1 Å². The number of rotatable bonds is 15. The van der Waals surface area contributed by atoms with Gasteiger partial charge < -0.3 is 28.5 Å². The van der Waals surface area contributed by atoms with E-state index in [4.69, 9.17) is 29.3 Å². The molecule has 2 heterocycles. The molecule has 3 unspecified atom stereocenters. The summed E-state index contributed by atoms with van der Waals surface area (Å²) < 4.78 is 62.5. The van der Waals surface area contributed by atoms with Crippen LogP contribution in [0.2, 0.25) is 0 Å². The van der Waals surface area contributed by atoms with E-state index in [-0.39, 0.29) is 47.2 Å². The summed E-state index contributed by atoms with van der Waals surface area (Å²) in [6.45, 7) is -0.365. The number of ketones is 1. The van der Waals surface area contributed by atoms with E-state index in [0.29, 0.717) is 33.5 Å². The smallest absolute Gasteiger partial charge is 0.756 e. The van der Waals surface area contributed by atoms with E-state index >= 15 is 4.39 Å². The normalized spacial score (nSPS) is 13.8. The number of halogens is 2. The fourth-order valence-corrected chi connectivity index (χ4v) is 6.26. The molecule has 0 aliphatic heterocycles. The summed E-state index contributed by atoms with van der Waals surface area (Å²) in [5, 5.41) is 15.4. The molecule has 52 heavy (non-hydrogen) atoms. The summed E-state index contributed by atoms with van der Waals surface area (Å²) in [6.07, 6.45) is 1.24. The van der Waals surface area contributed by atoms with Crippen LogP contribution in [0.4, 0.5) is 13.6 Å². The van der Waals surface area contributed by atoms with E-state index < -0.39 is 62.9 Å². The number of nitriles is 1. The molecular formula is C33H27F2N5NaO9PS. The number of phosphoric acid groups is 1. The Morgan fingerprint density at radius 3 is 2.50 bits per heavy atom. The third kappa shape index (κ3) is 10.4. The molecule has 0 fully saturated rings. The first-order valence-corrected chi connectivity index (χ1v) is 17.2. The molecule has 3 atom stereocenters. The molecule has 2 aromatic heterocycles. The predicted octanol–water partition coefficient (Wildman–Crippen LogP) is 2.24. The molecule has 14 nitrogen and oxygen atoms in total. The van der Waals surface area contributed by atoms with Gasteiger partial charge in [0, 0.05) is 28.1 Å². The molecule has 0 aliphatic rings. The molecular weight excluding hydrogens is 734 g/mol. The van der Waals surface area contributed by atoms with Gasteiger partial charge in [-0.3, -0.25) is 9.36 Å². The molecule has 0 saturated heterocycles. The Balaban J connectivity index is 0.00000605. The van der Waals surface area contributed by atoms with Crippen LogP contribution in [0.25, 0.3) is 11.3 Å². The first-order chi connectivity index (χ1) is 24.4. The number of hydrogen-bond acceptors (Lipinski definition) is 13. The van der Waals surface area contributed by atoms with Crippen molar-refractivity contribution in [3.05, 3.63) is 124 Å². The third-order valence-corrected chi connectivity index (χ3v) is 9.06. The first kappa shape index (κ1) is 40.6. The van der Waals surface area contributed by atoms with Gasteiger partial charge in [-0.1, -0.05) is 43.3 Å². The van der Waals surface area contributed by atoms with E-state index in [1.54, 1.807) is 36.6 Å². The Morgan fingerprint density at radius 2 is 1.87 bits per heavy atom. The molecule has 1 N–H and O–H groups in total. The minimum atomic E-state index is -4.91. The maximum atomic E-state index is 15.7. The Kier molecular flexibility index (Phi) is 14.1. The molecule has 0 radical (unpaired) electrons. The number of carbonyl (C=O) groups is 2. The van der Waals surface area contributed by atoms with Crippen molar-refractivity contribution in [1.29, 1.82) is 5.26 Å². The molecule has 0 amide bonds. The maximum absolute atomic E-state index is 15.7. The van der Waals surface area contributed by atoms with Crippen molar-refractivity contribution in [2.45, 2.75) is 31.6 Å². The standard InChI is InChI=1S/C33H28F2N5O9PS.Na/c1-21(31-39-29(16-51-31)24-6-2-22(13-36)3-7-24)33(17-40-19-37-18-38-40,27-11-10-26(34)12-28(27)35)49-32(42)47-20-46-15-30(41)25-8-4-23(5-9-25)14-48-50(43,44)45;/h2-12,16,18-19,21H,14-15,17,20H2,1H3,(H2,43,44,45);/q;+1/p-1. The number of aromatic nitrogens is 4. The monoisotopic (exact) mass is 761 g/mol. The van der Waals surface area contributed by atoms with Crippen LogP contribution in [-0.2, 0) is 42.1 Å². The van der Waals surface area contributed by atoms with E-state index in [1.165, 1.54) is 52.9 Å². The SMILES string of the molecule is CC(c1nc(-c2ccc(C#N)cc2)cs1)C(Cn1cncn1)(OC(=O)OCOCC(=O)c1ccc(COP(=O)([O-])O)cc1)c1ccc(F)cc1F.[Na+]. The zero-order chi connectivity index (χ0) is 36.6. The summed E-state index contributed by atoms with van der Waals surface area (Å²) in [5.74, 6) is -3.30. The number of carbonyl (C=O) groups excluding carboxylic acids is 2. The second-order valence-electron chi connectivity index (χ2n) is 10.9. The van der Waals surface area contributed by atoms with Crippen LogP contribution in [0.3, 0.4) is 0 Å². The van der Waals surface area contributed by atoms with Gasteiger partial charge in [-0.25, -0.2) is 28.2 Å². The minimum absolute atomic E-state index is 0. The Morgan fingerprint density at radius 1 is 1.13 bits per heavy atom. The summed E-state index contributed by atoms with van der Waals surface area (Å²) in [7, 11) is -4.91. The number of Topliss-reactive ketones (excluding diaryl/α,β-unsaturated/α-hetero) is 1. The van der Waals surface area contributed by atoms with Gasteiger partial charge >= 0.3 is 35.7 Å². The summed E-state index contributed by atoms with van der Waals surface area (Å²) in [4.78, 5) is 54.0. The summed E-state index contributed by atoms with van der Waals surface area (Å²) in [5.41, 5.74) is 0.110. The van der Waals surface area contributed by atoms with Gasteiger partial charge in [-0.15, -0.1) is 11.3 Å². The van der Waals surface area contributed by atoms with Crippen molar-refractivity contribution in [3.8, 4) is 17.3 Å². The fraction of sp³-hybridized carbons (Fsp3) is 0.212. The van der Waals surface area contributed by atoms with Crippen molar-refractivity contribution in [2.75, 3.05) is 13.4 Å². The maximum Gasteiger partial charge on any atom is 1.00 e. The molecule has 3 aromatic carbocycles. The van der Waals surface area contributed by atoms with Crippen molar-refractivity contribution >= 4 is 31.1 Å². The van der Waals surface area contributed by atoms with Crippen LogP contribution in [-0.4, -0.2) is 50.0 Å². The van der Waals surface area contributed by atoms with Gasteiger partial charge in [0.15, 0.2) is 18.2 Å². The van der Waals surface area contributed by atoms with E-state index in [2.05, 4.69) is 20.7 Å². The molecule has 0 bridgehead atoms. The number of benzene rings is 3. The van der Waals surface area contributed by atoms with Gasteiger partial charge in [0.05, 0.1) is 36.4 Å². The second-order valence-corrected chi connectivity index (χ2v) is 13.0. The molecule has 5 aromatic rings. The predicted molar refractivity (Wildman–Crippen MR) is 173 cm³/mol. The molecule has 0 aliphatic carbocycles. The molecule has 264 valence electrons. The minimum Gasteiger partial charge on any atom is -0.756 e.